The molecular weight excluding hydrogens is 308 g/mol. The van der Waals surface area contributed by atoms with Crippen molar-refractivity contribution in [1.29, 1.82) is 0 Å². The molecule has 0 heterocycles. The highest BCUT2D eigenvalue weighted by molar-refractivity contribution is 5.76. The van der Waals surface area contributed by atoms with Crippen LogP contribution in [0.4, 0.5) is 8.78 Å². The van der Waals surface area contributed by atoms with E-state index in [1.165, 1.54) is 24.3 Å². The van der Waals surface area contributed by atoms with Gasteiger partial charge in [-0.1, -0.05) is 38.1 Å². The summed E-state index contributed by atoms with van der Waals surface area (Å²) in [5.41, 5.74) is 1.64. The average Bonchev–Trinajstić information content (AvgIpc) is 2.56. The average molecular weight is 331 g/mol. The molecule has 0 spiro atoms. The summed E-state index contributed by atoms with van der Waals surface area (Å²) >= 11 is 0. The molecule has 0 saturated heterocycles. The van der Waals surface area contributed by atoms with E-state index in [4.69, 9.17) is 0 Å². The van der Waals surface area contributed by atoms with Crippen LogP contribution in [0, 0.1) is 11.6 Å². The van der Waals surface area contributed by atoms with Gasteiger partial charge in [0.25, 0.3) is 0 Å². The first kappa shape index (κ1) is 18.1. The van der Waals surface area contributed by atoms with Crippen LogP contribution in [-0.2, 0) is 11.3 Å². The third-order valence-electron chi connectivity index (χ3n) is 4.04. The minimum atomic E-state index is -0.315. The summed E-state index contributed by atoms with van der Waals surface area (Å²) in [6.45, 7) is 4.29. The van der Waals surface area contributed by atoms with Gasteiger partial charge in [0.15, 0.2) is 0 Å². The number of carbonyl (C=O) groups is 1. The lowest BCUT2D eigenvalue weighted by Crippen LogP contribution is -2.34. The molecule has 2 aromatic carbocycles. The maximum atomic E-state index is 13.5. The van der Waals surface area contributed by atoms with E-state index in [0.29, 0.717) is 19.4 Å². The fourth-order valence-electron chi connectivity index (χ4n) is 2.88. The summed E-state index contributed by atoms with van der Waals surface area (Å²) in [5.74, 6) is -0.590. The third kappa shape index (κ3) is 4.63. The van der Waals surface area contributed by atoms with Crippen LogP contribution in [0.5, 0.6) is 0 Å². The molecule has 24 heavy (non-hydrogen) atoms. The van der Waals surface area contributed by atoms with E-state index in [1.807, 2.05) is 19.9 Å². The number of halogens is 2. The first-order valence-corrected chi connectivity index (χ1v) is 8.34. The van der Waals surface area contributed by atoms with Gasteiger partial charge in [0, 0.05) is 13.0 Å². The highest BCUT2D eigenvalue weighted by atomic mass is 19.1. The maximum Gasteiger partial charge on any atom is 0.223 e. The zero-order valence-electron chi connectivity index (χ0n) is 14.1. The Kier molecular flexibility index (Phi) is 6.47. The molecule has 1 unspecified atom stereocenters. The van der Waals surface area contributed by atoms with E-state index in [1.54, 1.807) is 23.1 Å². The second kappa shape index (κ2) is 8.57. The lowest BCUT2D eigenvalue weighted by Gasteiger charge is -2.32. The fourth-order valence-corrected chi connectivity index (χ4v) is 2.88. The Morgan fingerprint density at radius 1 is 1.04 bits per heavy atom. The van der Waals surface area contributed by atoms with Crippen LogP contribution in [0.1, 0.15) is 50.3 Å². The van der Waals surface area contributed by atoms with E-state index < -0.39 is 0 Å². The van der Waals surface area contributed by atoms with Crippen molar-refractivity contribution in [2.45, 2.75) is 45.7 Å². The molecule has 0 aromatic heterocycles. The van der Waals surface area contributed by atoms with Crippen molar-refractivity contribution in [3.8, 4) is 0 Å². The SMILES string of the molecule is CCCC(=O)N(Cc1cccc(F)c1)C(CC)c1ccc(F)cc1. The van der Waals surface area contributed by atoms with Crippen LogP contribution < -0.4 is 0 Å². The van der Waals surface area contributed by atoms with Crippen LogP contribution in [0.15, 0.2) is 48.5 Å². The smallest absolute Gasteiger partial charge is 0.223 e. The Morgan fingerprint density at radius 2 is 1.75 bits per heavy atom. The zero-order valence-corrected chi connectivity index (χ0v) is 14.1. The highest BCUT2D eigenvalue weighted by Gasteiger charge is 2.23. The van der Waals surface area contributed by atoms with Crippen molar-refractivity contribution in [2.24, 2.45) is 0 Å². The minimum absolute atomic E-state index is 0.0259. The van der Waals surface area contributed by atoms with Crippen molar-refractivity contribution >= 4 is 5.91 Å². The molecular formula is C20H23F2NO. The summed E-state index contributed by atoms with van der Waals surface area (Å²) in [6, 6.07) is 12.4. The second-order valence-corrected chi connectivity index (χ2v) is 5.88. The number of hydrogen-bond donors (Lipinski definition) is 0. The number of amides is 1. The van der Waals surface area contributed by atoms with E-state index in [2.05, 4.69) is 0 Å². The monoisotopic (exact) mass is 331 g/mol. The number of benzene rings is 2. The highest BCUT2D eigenvalue weighted by Crippen LogP contribution is 2.27. The van der Waals surface area contributed by atoms with Gasteiger partial charge in [-0.05, 0) is 48.2 Å². The summed E-state index contributed by atoms with van der Waals surface area (Å²) < 4.78 is 26.7. The van der Waals surface area contributed by atoms with E-state index in [9.17, 15) is 13.6 Å². The zero-order chi connectivity index (χ0) is 17.5. The molecule has 0 saturated carbocycles. The summed E-state index contributed by atoms with van der Waals surface area (Å²) in [6.07, 6.45) is 1.89. The molecule has 1 amide bonds. The molecule has 4 heteroatoms. The Labute approximate surface area is 142 Å². The normalized spacial score (nSPS) is 12.0. The Bertz CT molecular complexity index is 670. The van der Waals surface area contributed by atoms with Crippen LogP contribution in [0.3, 0.4) is 0 Å². The fraction of sp³-hybridized carbons (Fsp3) is 0.350. The molecule has 0 aliphatic heterocycles. The Morgan fingerprint density at radius 3 is 2.33 bits per heavy atom. The first-order chi connectivity index (χ1) is 11.5. The van der Waals surface area contributed by atoms with Gasteiger partial charge in [-0.15, -0.1) is 0 Å². The van der Waals surface area contributed by atoms with Crippen LogP contribution in [0.25, 0.3) is 0 Å². The Hall–Kier alpha value is -2.23. The summed E-state index contributed by atoms with van der Waals surface area (Å²) in [5, 5.41) is 0. The number of rotatable bonds is 7. The molecule has 0 N–H and O–H groups in total. The summed E-state index contributed by atoms with van der Waals surface area (Å²) in [4.78, 5) is 14.4. The van der Waals surface area contributed by atoms with Gasteiger partial charge in [-0.2, -0.15) is 0 Å². The number of hydrogen-bond acceptors (Lipinski definition) is 1. The Balaban J connectivity index is 2.32. The van der Waals surface area contributed by atoms with E-state index in [-0.39, 0.29) is 23.6 Å². The van der Waals surface area contributed by atoms with Crippen LogP contribution in [-0.4, -0.2) is 10.8 Å². The molecule has 1 atom stereocenters. The van der Waals surface area contributed by atoms with Crippen LogP contribution in [0.2, 0.25) is 0 Å². The van der Waals surface area contributed by atoms with E-state index in [0.717, 1.165) is 17.5 Å². The van der Waals surface area contributed by atoms with Gasteiger partial charge < -0.3 is 4.90 Å². The molecule has 0 fully saturated rings. The maximum absolute atomic E-state index is 13.5. The van der Waals surface area contributed by atoms with Gasteiger partial charge in [0.2, 0.25) is 5.91 Å². The van der Waals surface area contributed by atoms with Gasteiger partial charge >= 0.3 is 0 Å². The lowest BCUT2D eigenvalue weighted by atomic mass is 10.0. The standard InChI is InChI=1S/C20H23F2NO/c1-3-6-20(24)23(14-15-7-5-8-18(22)13-15)19(4-2)16-9-11-17(21)12-10-16/h5,7-13,19H,3-4,6,14H2,1-2H3. The van der Waals surface area contributed by atoms with Crippen molar-refractivity contribution in [3.63, 3.8) is 0 Å². The molecule has 0 radical (unpaired) electrons. The predicted molar refractivity (Wildman–Crippen MR) is 91.3 cm³/mol. The lowest BCUT2D eigenvalue weighted by molar-refractivity contribution is -0.134. The van der Waals surface area contributed by atoms with Gasteiger partial charge in [-0.3, -0.25) is 4.79 Å². The molecule has 2 rings (SSSR count). The van der Waals surface area contributed by atoms with Crippen LogP contribution >= 0.6 is 0 Å². The van der Waals surface area contributed by atoms with Crippen molar-refractivity contribution in [1.82, 2.24) is 4.90 Å². The largest absolute Gasteiger partial charge is 0.331 e. The van der Waals surface area contributed by atoms with Gasteiger partial charge in [-0.25, -0.2) is 8.78 Å². The number of carbonyl (C=O) groups excluding carboxylic acids is 1. The van der Waals surface area contributed by atoms with Gasteiger partial charge in [0.1, 0.15) is 11.6 Å². The molecule has 0 aliphatic carbocycles. The molecule has 128 valence electrons. The van der Waals surface area contributed by atoms with Crippen molar-refractivity contribution in [3.05, 3.63) is 71.3 Å². The molecule has 2 nitrogen and oxygen atoms in total. The third-order valence-corrected chi connectivity index (χ3v) is 4.04. The predicted octanol–water partition coefficient (Wildman–Crippen LogP) is 5.24. The molecule has 0 aliphatic rings. The topological polar surface area (TPSA) is 20.3 Å². The molecule has 0 bridgehead atoms. The van der Waals surface area contributed by atoms with Gasteiger partial charge in [0.05, 0.1) is 6.04 Å². The quantitative estimate of drug-likeness (QED) is 0.679. The van der Waals surface area contributed by atoms with Crippen molar-refractivity contribution in [2.75, 3.05) is 0 Å². The van der Waals surface area contributed by atoms with E-state index >= 15 is 0 Å². The first-order valence-electron chi connectivity index (χ1n) is 8.34. The number of nitrogens with zero attached hydrogens (tertiary/aromatic N) is 1. The molecule has 2 aromatic rings. The summed E-state index contributed by atoms with van der Waals surface area (Å²) in [7, 11) is 0. The minimum Gasteiger partial charge on any atom is -0.331 e. The second-order valence-electron chi connectivity index (χ2n) is 5.88. The van der Waals surface area contributed by atoms with Crippen molar-refractivity contribution < 1.29 is 13.6 Å².